The summed E-state index contributed by atoms with van der Waals surface area (Å²) in [4.78, 5) is 11.4. The molecule has 1 rings (SSSR count). The van der Waals surface area contributed by atoms with Crippen LogP contribution >= 0.6 is 0 Å². The van der Waals surface area contributed by atoms with Gasteiger partial charge in [0, 0.05) is 18.2 Å². The third kappa shape index (κ3) is 3.03. The molecule has 16 heavy (non-hydrogen) atoms. The molecule has 0 bridgehead atoms. The van der Waals surface area contributed by atoms with Gasteiger partial charge >= 0.3 is 5.97 Å². The molecule has 1 unspecified atom stereocenters. The van der Waals surface area contributed by atoms with E-state index < -0.39 is 5.82 Å². The number of ether oxygens (including phenoxy) is 1. The Bertz CT molecular complexity index is 379. The Kier molecular flexibility index (Phi) is 4.43. The largest absolute Gasteiger partial charge is 0.426 e. The van der Waals surface area contributed by atoms with E-state index in [-0.39, 0.29) is 24.2 Å². The van der Waals surface area contributed by atoms with Gasteiger partial charge in [0.2, 0.25) is 0 Å². The topological polar surface area (TPSA) is 52.3 Å². The molecular weight excluding hydrogens is 209 g/mol. The minimum Gasteiger partial charge on any atom is -0.426 e. The van der Waals surface area contributed by atoms with Crippen molar-refractivity contribution >= 4 is 5.97 Å². The Morgan fingerprint density at radius 1 is 1.56 bits per heavy atom. The van der Waals surface area contributed by atoms with Gasteiger partial charge in [-0.1, -0.05) is 19.9 Å². The molecule has 0 aliphatic carbocycles. The van der Waals surface area contributed by atoms with Gasteiger partial charge in [-0.25, -0.2) is 4.39 Å². The van der Waals surface area contributed by atoms with E-state index in [1.807, 2.05) is 6.92 Å². The van der Waals surface area contributed by atoms with E-state index in [0.717, 1.165) is 0 Å². The van der Waals surface area contributed by atoms with Crippen LogP contribution in [0.3, 0.4) is 0 Å². The Hall–Kier alpha value is -1.42. The smallest absolute Gasteiger partial charge is 0.314 e. The number of hydrogen-bond donors (Lipinski definition) is 1. The highest BCUT2D eigenvalue weighted by Crippen LogP contribution is 2.18. The number of rotatable bonds is 4. The lowest BCUT2D eigenvalue weighted by molar-refractivity contribution is -0.138. The highest BCUT2D eigenvalue weighted by atomic mass is 19.1. The number of hydrogen-bond acceptors (Lipinski definition) is 3. The van der Waals surface area contributed by atoms with Crippen molar-refractivity contribution in [3.63, 3.8) is 0 Å². The standard InChI is InChI=1S/C12H16FNO2/c1-3-8(2)12(15)16-10-5-4-9(7-14)11(13)6-10/h4-6,8H,3,7,14H2,1-2H3. The highest BCUT2D eigenvalue weighted by molar-refractivity contribution is 5.74. The van der Waals surface area contributed by atoms with Gasteiger partial charge in [-0.3, -0.25) is 4.79 Å². The first-order valence-corrected chi connectivity index (χ1v) is 5.28. The molecule has 3 nitrogen and oxygen atoms in total. The van der Waals surface area contributed by atoms with Crippen LogP contribution < -0.4 is 10.5 Å². The summed E-state index contributed by atoms with van der Waals surface area (Å²) >= 11 is 0. The Morgan fingerprint density at radius 2 is 2.25 bits per heavy atom. The minimum absolute atomic E-state index is 0.130. The molecule has 0 heterocycles. The zero-order valence-electron chi connectivity index (χ0n) is 9.50. The SMILES string of the molecule is CCC(C)C(=O)Oc1ccc(CN)c(F)c1. The van der Waals surface area contributed by atoms with E-state index in [9.17, 15) is 9.18 Å². The number of nitrogens with two attached hydrogens (primary N) is 1. The summed E-state index contributed by atoms with van der Waals surface area (Å²) in [7, 11) is 0. The number of carbonyl (C=O) groups is 1. The van der Waals surface area contributed by atoms with E-state index >= 15 is 0 Å². The number of benzene rings is 1. The summed E-state index contributed by atoms with van der Waals surface area (Å²) in [5.74, 6) is -0.753. The van der Waals surface area contributed by atoms with Gasteiger partial charge in [0.05, 0.1) is 5.92 Å². The maximum Gasteiger partial charge on any atom is 0.314 e. The van der Waals surface area contributed by atoms with Crippen LogP contribution in [0.4, 0.5) is 4.39 Å². The molecule has 0 aliphatic rings. The molecule has 2 N–H and O–H groups in total. The molecule has 0 saturated heterocycles. The van der Waals surface area contributed by atoms with Gasteiger partial charge in [-0.2, -0.15) is 0 Å². The fourth-order valence-corrected chi connectivity index (χ4v) is 1.14. The van der Waals surface area contributed by atoms with Crippen molar-refractivity contribution < 1.29 is 13.9 Å². The van der Waals surface area contributed by atoms with E-state index in [0.29, 0.717) is 12.0 Å². The monoisotopic (exact) mass is 225 g/mol. The lowest BCUT2D eigenvalue weighted by Crippen LogP contribution is -2.17. The summed E-state index contributed by atoms with van der Waals surface area (Å²) in [6.07, 6.45) is 0.697. The van der Waals surface area contributed by atoms with Crippen molar-refractivity contribution in [1.82, 2.24) is 0 Å². The first-order chi connectivity index (χ1) is 7.58. The lowest BCUT2D eigenvalue weighted by atomic mass is 10.1. The number of carbonyl (C=O) groups excluding carboxylic acids is 1. The summed E-state index contributed by atoms with van der Waals surface area (Å²) in [6, 6.07) is 4.25. The molecule has 0 aromatic heterocycles. The molecule has 88 valence electrons. The van der Waals surface area contributed by atoms with Gasteiger partial charge in [-0.15, -0.1) is 0 Å². The third-order valence-corrected chi connectivity index (χ3v) is 2.48. The molecule has 0 spiro atoms. The average molecular weight is 225 g/mol. The fraction of sp³-hybridized carbons (Fsp3) is 0.417. The first kappa shape index (κ1) is 12.6. The van der Waals surface area contributed by atoms with Gasteiger partial charge < -0.3 is 10.5 Å². The minimum atomic E-state index is -0.447. The maximum atomic E-state index is 13.3. The Labute approximate surface area is 94.4 Å². The normalized spacial score (nSPS) is 12.2. The molecule has 4 heteroatoms. The second kappa shape index (κ2) is 5.61. The quantitative estimate of drug-likeness (QED) is 0.631. The zero-order chi connectivity index (χ0) is 12.1. The molecule has 0 radical (unpaired) electrons. The van der Waals surface area contributed by atoms with E-state index in [1.54, 1.807) is 13.0 Å². The zero-order valence-corrected chi connectivity index (χ0v) is 9.50. The van der Waals surface area contributed by atoms with Crippen molar-refractivity contribution in [2.24, 2.45) is 11.7 Å². The van der Waals surface area contributed by atoms with Crippen molar-refractivity contribution in [3.05, 3.63) is 29.6 Å². The van der Waals surface area contributed by atoms with Crippen LogP contribution in [0.1, 0.15) is 25.8 Å². The van der Waals surface area contributed by atoms with Crippen molar-refractivity contribution in [3.8, 4) is 5.75 Å². The molecule has 1 aromatic rings. The molecule has 0 aliphatic heterocycles. The molecule has 0 fully saturated rings. The van der Waals surface area contributed by atoms with Crippen molar-refractivity contribution in [2.75, 3.05) is 0 Å². The van der Waals surface area contributed by atoms with Crippen molar-refractivity contribution in [1.29, 1.82) is 0 Å². The predicted octanol–water partition coefficient (Wildman–Crippen LogP) is 2.24. The number of esters is 1. The molecule has 0 amide bonds. The molecule has 0 saturated carbocycles. The second-order valence-electron chi connectivity index (χ2n) is 3.69. The fourth-order valence-electron chi connectivity index (χ4n) is 1.14. The van der Waals surface area contributed by atoms with E-state index in [1.165, 1.54) is 12.1 Å². The Morgan fingerprint density at radius 3 is 2.75 bits per heavy atom. The summed E-state index contributed by atoms with van der Waals surface area (Å²) in [6.45, 7) is 3.79. The summed E-state index contributed by atoms with van der Waals surface area (Å²) < 4.78 is 18.3. The van der Waals surface area contributed by atoms with Crippen LogP contribution in [-0.4, -0.2) is 5.97 Å². The van der Waals surface area contributed by atoms with E-state index in [4.69, 9.17) is 10.5 Å². The summed E-state index contributed by atoms with van der Waals surface area (Å²) in [5.41, 5.74) is 5.73. The first-order valence-electron chi connectivity index (χ1n) is 5.28. The summed E-state index contributed by atoms with van der Waals surface area (Å²) in [5, 5.41) is 0. The lowest BCUT2D eigenvalue weighted by Gasteiger charge is -2.09. The average Bonchev–Trinajstić information content (AvgIpc) is 2.28. The maximum absolute atomic E-state index is 13.3. The highest BCUT2D eigenvalue weighted by Gasteiger charge is 2.13. The molecule has 1 aromatic carbocycles. The van der Waals surface area contributed by atoms with Gasteiger partial charge in [0.1, 0.15) is 11.6 Å². The second-order valence-corrected chi connectivity index (χ2v) is 3.69. The molecular formula is C12H16FNO2. The van der Waals surface area contributed by atoms with Crippen LogP contribution in [0.5, 0.6) is 5.75 Å². The Balaban J connectivity index is 2.75. The van der Waals surface area contributed by atoms with Crippen LogP contribution in [0.25, 0.3) is 0 Å². The van der Waals surface area contributed by atoms with Crippen LogP contribution in [0, 0.1) is 11.7 Å². The van der Waals surface area contributed by atoms with Crippen LogP contribution in [0.15, 0.2) is 18.2 Å². The van der Waals surface area contributed by atoms with Crippen LogP contribution in [-0.2, 0) is 11.3 Å². The third-order valence-electron chi connectivity index (χ3n) is 2.48. The molecule has 1 atom stereocenters. The number of halogens is 1. The van der Waals surface area contributed by atoms with Crippen molar-refractivity contribution in [2.45, 2.75) is 26.8 Å². The van der Waals surface area contributed by atoms with Gasteiger partial charge in [0.15, 0.2) is 0 Å². The van der Waals surface area contributed by atoms with Crippen LogP contribution in [0.2, 0.25) is 0 Å². The van der Waals surface area contributed by atoms with E-state index in [2.05, 4.69) is 0 Å². The van der Waals surface area contributed by atoms with Gasteiger partial charge in [-0.05, 0) is 12.5 Å². The van der Waals surface area contributed by atoms with Gasteiger partial charge in [0.25, 0.3) is 0 Å². The predicted molar refractivity (Wildman–Crippen MR) is 59.4 cm³/mol.